The summed E-state index contributed by atoms with van der Waals surface area (Å²) in [6.07, 6.45) is 20.9. The van der Waals surface area contributed by atoms with Gasteiger partial charge >= 0.3 is 11.4 Å². The minimum atomic E-state index is -0.332. The Hall–Kier alpha value is -4.18. The molecule has 0 radical (unpaired) electrons. The molecule has 2 amide bonds. The topological polar surface area (TPSA) is 128 Å². The summed E-state index contributed by atoms with van der Waals surface area (Å²) < 4.78 is 3.17. The number of amides is 2. The van der Waals surface area contributed by atoms with E-state index in [2.05, 4.69) is 44.3 Å². The number of hydrogen-bond acceptors (Lipinski definition) is 6. The molecule has 44 heavy (non-hydrogen) atoms. The van der Waals surface area contributed by atoms with Crippen LogP contribution < -0.4 is 22.0 Å². The van der Waals surface area contributed by atoms with Gasteiger partial charge in [-0.15, -0.1) is 0 Å². The van der Waals surface area contributed by atoms with Crippen LogP contribution in [-0.2, 0) is 22.7 Å². The van der Waals surface area contributed by atoms with Gasteiger partial charge in [0.25, 0.3) is 0 Å². The van der Waals surface area contributed by atoms with E-state index in [1.54, 1.807) is 33.7 Å². The molecule has 0 aromatic carbocycles. The number of carbonyl (C=O) groups is 2. The van der Waals surface area contributed by atoms with Crippen molar-refractivity contribution in [3.63, 3.8) is 0 Å². The van der Waals surface area contributed by atoms with Crippen LogP contribution in [0.1, 0.15) is 117 Å². The first kappa shape index (κ1) is 36.0. The summed E-state index contributed by atoms with van der Waals surface area (Å²) in [5, 5.41) is 5.04. The molecule has 2 rings (SSSR count). The zero-order valence-electron chi connectivity index (χ0n) is 26.5. The molecule has 2 aromatic heterocycles. The van der Waals surface area contributed by atoms with Gasteiger partial charge in [-0.05, 0) is 49.7 Å². The first-order valence-electron chi connectivity index (χ1n) is 16.0. The molecule has 0 bridgehead atoms. The van der Waals surface area contributed by atoms with Crippen molar-refractivity contribution in [1.82, 2.24) is 19.1 Å². The van der Waals surface area contributed by atoms with Gasteiger partial charge in [0.2, 0.25) is 11.8 Å². The quantitative estimate of drug-likeness (QED) is 0.148. The summed E-state index contributed by atoms with van der Waals surface area (Å²) >= 11 is 0. The van der Waals surface area contributed by atoms with Crippen LogP contribution in [0.25, 0.3) is 0 Å². The summed E-state index contributed by atoms with van der Waals surface area (Å²) in [6, 6.07) is 3.30. The first-order chi connectivity index (χ1) is 21.3. The number of unbranched alkanes of at least 4 members (excludes halogenated alkanes) is 14. The van der Waals surface area contributed by atoms with E-state index < -0.39 is 0 Å². The number of aromatic nitrogens is 4. The van der Waals surface area contributed by atoms with Crippen molar-refractivity contribution < 1.29 is 9.59 Å². The van der Waals surface area contributed by atoms with E-state index in [1.807, 2.05) is 0 Å². The zero-order chi connectivity index (χ0) is 31.8. The highest BCUT2D eigenvalue weighted by Gasteiger charge is 2.03. The SMILES string of the molecule is CC(=O)Nc1ccn(CCCCCCCCCC#CC#CCCCCCCCCCn2ccc(NC(C)=O)nc2=O)c(=O)n1. The molecule has 2 aromatic rings. The summed E-state index contributed by atoms with van der Waals surface area (Å²) in [6.45, 7) is 4.07. The third-order valence-corrected chi connectivity index (χ3v) is 7.00. The number of nitrogens with zero attached hydrogens (tertiary/aromatic N) is 4. The fourth-order valence-corrected chi connectivity index (χ4v) is 4.67. The predicted octanol–water partition coefficient (Wildman–Crippen LogP) is 5.67. The van der Waals surface area contributed by atoms with Gasteiger partial charge in [-0.1, -0.05) is 76.0 Å². The molecule has 0 aliphatic heterocycles. The average Bonchev–Trinajstić information content (AvgIpc) is 2.97. The minimum Gasteiger partial charge on any atom is -0.311 e. The number of carbonyl (C=O) groups excluding carboxylic acids is 2. The van der Waals surface area contributed by atoms with Gasteiger partial charge in [0, 0.05) is 52.2 Å². The fraction of sp³-hybridized carbons (Fsp3) is 0.588. The van der Waals surface area contributed by atoms with Crippen LogP contribution in [0.2, 0.25) is 0 Å². The van der Waals surface area contributed by atoms with E-state index in [0.717, 1.165) is 64.2 Å². The molecular formula is C34H48N6O4. The average molecular weight is 605 g/mol. The second kappa shape index (κ2) is 22.4. The zero-order valence-corrected chi connectivity index (χ0v) is 26.5. The number of hydrogen-bond donors (Lipinski definition) is 2. The van der Waals surface area contributed by atoms with Crippen molar-refractivity contribution >= 4 is 23.5 Å². The Morgan fingerprint density at radius 2 is 0.932 bits per heavy atom. The Morgan fingerprint density at radius 1 is 0.591 bits per heavy atom. The number of aryl methyl sites for hydroxylation is 2. The molecule has 0 aliphatic carbocycles. The Labute approximate surface area is 261 Å². The standard InChI is InChI=1S/C34H48N6O4/c1-29(41)35-31-23-27-39(33(43)37-31)25-21-19-17-15-13-11-9-7-5-3-4-6-8-10-12-14-16-18-20-22-26-40-28-24-32(36-30(2)42)38-34(40)44/h23-24,27-28H,7-22,25-26H2,1-2H3,(H,35,37,41,43)(H,36,38,42,44). The molecule has 0 atom stereocenters. The minimum absolute atomic E-state index is 0.240. The molecule has 0 unspecified atom stereocenters. The number of anilines is 2. The maximum absolute atomic E-state index is 12.0. The Morgan fingerprint density at radius 3 is 1.27 bits per heavy atom. The third kappa shape index (κ3) is 17.1. The third-order valence-electron chi connectivity index (χ3n) is 7.00. The molecule has 0 fully saturated rings. The largest absolute Gasteiger partial charge is 0.349 e. The molecular weight excluding hydrogens is 556 g/mol. The molecule has 10 heteroatoms. The van der Waals surface area contributed by atoms with Crippen molar-refractivity contribution in [1.29, 1.82) is 0 Å². The van der Waals surface area contributed by atoms with Crippen LogP contribution in [0, 0.1) is 23.7 Å². The lowest BCUT2D eigenvalue weighted by Gasteiger charge is -2.06. The van der Waals surface area contributed by atoms with Crippen LogP contribution in [0.4, 0.5) is 11.6 Å². The molecule has 0 saturated carbocycles. The Bertz CT molecular complexity index is 1300. The van der Waals surface area contributed by atoms with Gasteiger partial charge in [-0.3, -0.25) is 18.7 Å². The highest BCUT2D eigenvalue weighted by Crippen LogP contribution is 2.10. The maximum Gasteiger partial charge on any atom is 0.349 e. The van der Waals surface area contributed by atoms with Crippen molar-refractivity contribution in [2.45, 2.75) is 130 Å². The van der Waals surface area contributed by atoms with Crippen molar-refractivity contribution in [3.05, 3.63) is 45.5 Å². The first-order valence-corrected chi connectivity index (χ1v) is 16.0. The molecule has 0 saturated heterocycles. The fourth-order valence-electron chi connectivity index (χ4n) is 4.67. The van der Waals surface area contributed by atoms with E-state index >= 15 is 0 Å². The van der Waals surface area contributed by atoms with Crippen LogP contribution in [0.3, 0.4) is 0 Å². The highest BCUT2D eigenvalue weighted by molar-refractivity contribution is 5.87. The van der Waals surface area contributed by atoms with Crippen molar-refractivity contribution in [2.24, 2.45) is 0 Å². The number of nitrogens with one attached hydrogen (secondary N) is 2. The van der Waals surface area contributed by atoms with E-state index in [-0.39, 0.29) is 23.2 Å². The molecule has 238 valence electrons. The smallest absolute Gasteiger partial charge is 0.311 e. The van der Waals surface area contributed by atoms with E-state index in [4.69, 9.17) is 0 Å². The highest BCUT2D eigenvalue weighted by atomic mass is 16.2. The molecule has 0 aliphatic rings. The second-order valence-electron chi connectivity index (χ2n) is 11.0. The van der Waals surface area contributed by atoms with Crippen LogP contribution >= 0.6 is 0 Å². The Kier molecular flexibility index (Phi) is 18.3. The summed E-state index contributed by atoms with van der Waals surface area (Å²) in [7, 11) is 0. The van der Waals surface area contributed by atoms with Gasteiger partial charge in [0.1, 0.15) is 11.6 Å². The summed E-state index contributed by atoms with van der Waals surface area (Å²) in [5.41, 5.74) is -0.663. The molecule has 2 heterocycles. The summed E-state index contributed by atoms with van der Waals surface area (Å²) in [4.78, 5) is 53.8. The van der Waals surface area contributed by atoms with Gasteiger partial charge in [0.15, 0.2) is 0 Å². The van der Waals surface area contributed by atoms with Crippen molar-refractivity contribution in [3.8, 4) is 23.7 Å². The monoisotopic (exact) mass is 604 g/mol. The van der Waals surface area contributed by atoms with Gasteiger partial charge in [-0.25, -0.2) is 9.59 Å². The molecule has 10 nitrogen and oxygen atoms in total. The van der Waals surface area contributed by atoms with Crippen molar-refractivity contribution in [2.75, 3.05) is 10.6 Å². The summed E-state index contributed by atoms with van der Waals surface area (Å²) in [5.74, 6) is 12.4. The second-order valence-corrected chi connectivity index (χ2v) is 11.0. The van der Waals surface area contributed by atoms with Gasteiger partial charge in [-0.2, -0.15) is 9.97 Å². The van der Waals surface area contributed by atoms with E-state index in [0.29, 0.717) is 24.7 Å². The van der Waals surface area contributed by atoms with E-state index in [9.17, 15) is 19.2 Å². The van der Waals surface area contributed by atoms with E-state index in [1.165, 1.54) is 52.4 Å². The lowest BCUT2D eigenvalue weighted by Crippen LogP contribution is -2.24. The predicted molar refractivity (Wildman–Crippen MR) is 175 cm³/mol. The Balaban J connectivity index is 1.36. The van der Waals surface area contributed by atoms with Gasteiger partial charge in [0.05, 0.1) is 0 Å². The lowest BCUT2D eigenvalue weighted by molar-refractivity contribution is -0.115. The lowest BCUT2D eigenvalue weighted by atomic mass is 10.1. The number of rotatable bonds is 20. The normalized spacial score (nSPS) is 10.3. The maximum atomic E-state index is 12.0. The molecule has 0 spiro atoms. The van der Waals surface area contributed by atoms with Crippen LogP contribution in [0.5, 0.6) is 0 Å². The van der Waals surface area contributed by atoms with Crippen LogP contribution in [0.15, 0.2) is 34.1 Å². The van der Waals surface area contributed by atoms with Crippen LogP contribution in [-0.4, -0.2) is 30.9 Å². The molecule has 2 N–H and O–H groups in total. The van der Waals surface area contributed by atoms with Gasteiger partial charge < -0.3 is 10.6 Å².